The first-order valence-electron chi connectivity index (χ1n) is 10.3. The molecule has 0 bridgehead atoms. The molecule has 0 radical (unpaired) electrons. The number of benzene rings is 1. The highest BCUT2D eigenvalue weighted by atomic mass is 19.1. The third-order valence-electron chi connectivity index (χ3n) is 6.11. The number of nitrogens with two attached hydrogens (primary N) is 1. The average Bonchev–Trinajstić information content (AvgIpc) is 3.16. The number of aromatic nitrogens is 2. The Kier molecular flexibility index (Phi) is 4.92. The van der Waals surface area contributed by atoms with E-state index in [2.05, 4.69) is 10.4 Å². The van der Waals surface area contributed by atoms with E-state index >= 15 is 0 Å². The van der Waals surface area contributed by atoms with Crippen molar-refractivity contribution < 1.29 is 19.1 Å². The molecule has 7 nitrogen and oxygen atoms in total. The first kappa shape index (κ1) is 20.5. The number of nitrogens with one attached hydrogen (secondary N) is 1. The standard InChI is InChI=1S/C22H27FN4O3/c1-11-19-16(9-22(2,3)10-18(19)29)27(26-11)12-7-13(23)20(21(24)30)15(8-12)25-14-5-4-6-17(14)28/h7-8,14,17,25,28H,4-6,9-10H2,1-3H3,(H2,24,30). The maximum absolute atomic E-state index is 15.0. The van der Waals surface area contributed by atoms with Gasteiger partial charge in [-0.25, -0.2) is 9.07 Å². The summed E-state index contributed by atoms with van der Waals surface area (Å²) in [7, 11) is 0. The lowest BCUT2D eigenvalue weighted by molar-refractivity contribution is 0.0909. The van der Waals surface area contributed by atoms with Crippen LogP contribution in [0.1, 0.15) is 71.6 Å². The largest absolute Gasteiger partial charge is 0.391 e. The highest BCUT2D eigenvalue weighted by Crippen LogP contribution is 2.38. The minimum atomic E-state index is -0.885. The number of amides is 1. The zero-order valence-corrected chi connectivity index (χ0v) is 17.5. The minimum absolute atomic E-state index is 0.0339. The van der Waals surface area contributed by atoms with Crippen molar-refractivity contribution in [1.82, 2.24) is 9.78 Å². The molecule has 0 aliphatic heterocycles. The maximum Gasteiger partial charge on any atom is 0.253 e. The summed E-state index contributed by atoms with van der Waals surface area (Å²) in [6, 6.07) is 2.55. The van der Waals surface area contributed by atoms with Gasteiger partial charge in [-0.15, -0.1) is 0 Å². The lowest BCUT2D eigenvalue weighted by Gasteiger charge is -2.29. The number of rotatable bonds is 4. The topological polar surface area (TPSA) is 110 Å². The van der Waals surface area contributed by atoms with Crippen LogP contribution in [0.5, 0.6) is 0 Å². The second kappa shape index (κ2) is 7.19. The Balaban J connectivity index is 1.84. The molecule has 8 heteroatoms. The van der Waals surface area contributed by atoms with E-state index in [4.69, 9.17) is 5.73 Å². The van der Waals surface area contributed by atoms with E-state index in [-0.39, 0.29) is 28.5 Å². The minimum Gasteiger partial charge on any atom is -0.391 e. The predicted octanol–water partition coefficient (Wildman–Crippen LogP) is 2.90. The highest BCUT2D eigenvalue weighted by Gasteiger charge is 2.36. The number of anilines is 1. The van der Waals surface area contributed by atoms with Gasteiger partial charge in [-0.05, 0) is 44.1 Å². The number of aliphatic hydroxyl groups excluding tert-OH is 1. The van der Waals surface area contributed by atoms with Crippen LogP contribution < -0.4 is 11.1 Å². The fourth-order valence-corrected chi connectivity index (χ4v) is 4.74. The Bertz CT molecular complexity index is 1040. The van der Waals surface area contributed by atoms with E-state index in [1.54, 1.807) is 17.7 Å². The van der Waals surface area contributed by atoms with Gasteiger partial charge in [-0.1, -0.05) is 13.8 Å². The number of carbonyl (C=O) groups is 2. The quantitative estimate of drug-likeness (QED) is 0.713. The Morgan fingerprint density at radius 3 is 2.70 bits per heavy atom. The normalized spacial score (nSPS) is 22.8. The SMILES string of the molecule is Cc1nn(-c2cc(F)c(C(N)=O)c(NC3CCCC3O)c2)c2c1C(=O)CC(C)(C)C2. The molecule has 30 heavy (non-hydrogen) atoms. The summed E-state index contributed by atoms with van der Waals surface area (Å²) < 4.78 is 16.6. The number of Topliss-reactive ketones (excluding diaryl/α,β-unsaturated/α-hetero) is 1. The van der Waals surface area contributed by atoms with Crippen molar-refractivity contribution in [1.29, 1.82) is 0 Å². The Hall–Kier alpha value is -2.74. The summed E-state index contributed by atoms with van der Waals surface area (Å²) in [5.74, 6) is -1.62. The summed E-state index contributed by atoms with van der Waals surface area (Å²) >= 11 is 0. The monoisotopic (exact) mass is 414 g/mol. The average molecular weight is 414 g/mol. The van der Waals surface area contributed by atoms with E-state index in [1.807, 2.05) is 13.8 Å². The van der Waals surface area contributed by atoms with Crippen LogP contribution in [0.15, 0.2) is 12.1 Å². The zero-order chi connectivity index (χ0) is 21.8. The van der Waals surface area contributed by atoms with E-state index in [1.165, 1.54) is 6.07 Å². The van der Waals surface area contributed by atoms with Crippen molar-refractivity contribution in [2.45, 2.75) is 65.0 Å². The molecule has 2 unspecified atom stereocenters. The number of carbonyl (C=O) groups excluding carboxylic acids is 2. The first-order chi connectivity index (χ1) is 14.1. The highest BCUT2D eigenvalue weighted by molar-refractivity contribution is 6.00. The summed E-state index contributed by atoms with van der Waals surface area (Å²) in [5.41, 5.74) is 7.53. The summed E-state index contributed by atoms with van der Waals surface area (Å²) in [5, 5.41) is 17.8. The molecule has 4 N–H and O–H groups in total. The van der Waals surface area contributed by atoms with E-state index in [0.29, 0.717) is 42.6 Å². The molecule has 1 amide bonds. The first-order valence-corrected chi connectivity index (χ1v) is 10.3. The fourth-order valence-electron chi connectivity index (χ4n) is 4.74. The lowest BCUT2D eigenvalue weighted by atomic mass is 9.75. The van der Waals surface area contributed by atoms with Crippen molar-refractivity contribution in [2.24, 2.45) is 11.1 Å². The molecule has 2 aliphatic rings. The number of nitrogens with zero attached hydrogens (tertiary/aromatic N) is 2. The van der Waals surface area contributed by atoms with E-state index in [9.17, 15) is 19.1 Å². The molecule has 1 heterocycles. The van der Waals surface area contributed by atoms with Gasteiger partial charge in [0, 0.05) is 12.5 Å². The number of halogens is 1. The van der Waals surface area contributed by atoms with Crippen molar-refractivity contribution in [3.63, 3.8) is 0 Å². The summed E-state index contributed by atoms with van der Waals surface area (Å²) in [6.45, 7) is 5.81. The second-order valence-electron chi connectivity index (χ2n) is 9.22. The van der Waals surface area contributed by atoms with E-state index < -0.39 is 17.8 Å². The summed E-state index contributed by atoms with van der Waals surface area (Å²) in [4.78, 5) is 24.6. The fraction of sp³-hybridized carbons (Fsp3) is 0.500. The Morgan fingerprint density at radius 2 is 2.07 bits per heavy atom. The molecule has 2 aliphatic carbocycles. The van der Waals surface area contributed by atoms with Crippen molar-refractivity contribution in [3.8, 4) is 5.69 Å². The van der Waals surface area contributed by atoms with Gasteiger partial charge in [-0.3, -0.25) is 9.59 Å². The van der Waals surface area contributed by atoms with Crippen LogP contribution in [0.2, 0.25) is 0 Å². The Labute approximate surface area is 174 Å². The third kappa shape index (κ3) is 3.49. The number of hydrogen-bond acceptors (Lipinski definition) is 5. The number of aryl methyl sites for hydroxylation is 1. The number of aliphatic hydroxyl groups is 1. The molecule has 2 atom stereocenters. The number of hydrogen-bond donors (Lipinski definition) is 3. The predicted molar refractivity (Wildman–Crippen MR) is 110 cm³/mol. The van der Waals surface area contributed by atoms with Crippen molar-refractivity contribution in [2.75, 3.05) is 5.32 Å². The molecule has 4 rings (SSSR count). The van der Waals surface area contributed by atoms with Gasteiger partial charge < -0.3 is 16.2 Å². The zero-order valence-electron chi connectivity index (χ0n) is 17.5. The number of primary amides is 1. The Morgan fingerprint density at radius 1 is 1.33 bits per heavy atom. The molecule has 1 fully saturated rings. The van der Waals surface area contributed by atoms with Crippen LogP contribution in [0.4, 0.5) is 10.1 Å². The van der Waals surface area contributed by atoms with Gasteiger partial charge in [0.15, 0.2) is 5.78 Å². The van der Waals surface area contributed by atoms with Crippen LogP contribution in [0.25, 0.3) is 5.69 Å². The molecule has 0 saturated heterocycles. The van der Waals surface area contributed by atoms with Crippen molar-refractivity contribution in [3.05, 3.63) is 40.5 Å². The molecule has 2 aromatic rings. The van der Waals surface area contributed by atoms with Crippen LogP contribution in [-0.2, 0) is 6.42 Å². The molecular weight excluding hydrogens is 387 g/mol. The van der Waals surface area contributed by atoms with Gasteiger partial charge >= 0.3 is 0 Å². The van der Waals surface area contributed by atoms with Crippen molar-refractivity contribution >= 4 is 17.4 Å². The lowest BCUT2D eigenvalue weighted by Crippen LogP contribution is -2.30. The number of ketones is 1. The smallest absolute Gasteiger partial charge is 0.253 e. The third-order valence-corrected chi connectivity index (χ3v) is 6.11. The summed E-state index contributed by atoms with van der Waals surface area (Å²) in [6.07, 6.45) is 2.69. The van der Waals surface area contributed by atoms with Gasteiger partial charge in [-0.2, -0.15) is 5.10 Å². The van der Waals surface area contributed by atoms with Crippen LogP contribution in [0.3, 0.4) is 0 Å². The maximum atomic E-state index is 15.0. The molecule has 1 saturated carbocycles. The molecule has 1 aromatic carbocycles. The molecular formula is C22H27FN4O3. The molecule has 0 spiro atoms. The van der Waals surface area contributed by atoms with Crippen LogP contribution in [0, 0.1) is 18.2 Å². The number of fused-ring (bicyclic) bond motifs is 1. The van der Waals surface area contributed by atoms with Gasteiger partial charge in [0.1, 0.15) is 5.82 Å². The van der Waals surface area contributed by atoms with Crippen LogP contribution >= 0.6 is 0 Å². The van der Waals surface area contributed by atoms with Gasteiger partial charge in [0.25, 0.3) is 5.91 Å². The second-order valence-corrected chi connectivity index (χ2v) is 9.22. The molecule has 1 aromatic heterocycles. The van der Waals surface area contributed by atoms with E-state index in [0.717, 1.165) is 12.1 Å². The van der Waals surface area contributed by atoms with Gasteiger partial charge in [0.05, 0.1) is 46.0 Å². The molecule has 160 valence electrons. The van der Waals surface area contributed by atoms with Crippen LogP contribution in [-0.4, -0.2) is 38.7 Å². The van der Waals surface area contributed by atoms with Gasteiger partial charge in [0.2, 0.25) is 0 Å².